The average Bonchev–Trinajstić information content (AvgIpc) is 2.59. The van der Waals surface area contributed by atoms with E-state index in [0.29, 0.717) is 5.56 Å². The van der Waals surface area contributed by atoms with Crippen LogP contribution >= 0.6 is 11.6 Å². The molecule has 27 heavy (non-hydrogen) atoms. The van der Waals surface area contributed by atoms with Crippen LogP contribution in [-0.2, 0) is 27.5 Å². The molecule has 0 atom stereocenters. The summed E-state index contributed by atoms with van der Waals surface area (Å²) in [6, 6.07) is 7.80. The summed E-state index contributed by atoms with van der Waals surface area (Å²) in [6.45, 7) is -0.268. The molecule has 0 aliphatic rings. The highest BCUT2D eigenvalue weighted by molar-refractivity contribution is 7.89. The third-order valence-corrected chi connectivity index (χ3v) is 5.87. The van der Waals surface area contributed by atoms with Crippen LogP contribution in [0.2, 0.25) is 5.02 Å². The predicted octanol–water partition coefficient (Wildman–Crippen LogP) is 3.97. The summed E-state index contributed by atoms with van der Waals surface area (Å²) < 4.78 is 68.0. The van der Waals surface area contributed by atoms with Gasteiger partial charge < -0.3 is 4.74 Å². The standard InChI is InChI=1S/C17H15ClF3NO4S/c1-22(2)27(24,25)15-9-12(5-8-14(15)18)16(23)26-10-11-3-6-13(7-4-11)17(19,20)21/h3-9H,10H2,1-2H3. The molecule has 0 saturated heterocycles. The highest BCUT2D eigenvalue weighted by Crippen LogP contribution is 2.29. The summed E-state index contributed by atoms with van der Waals surface area (Å²) in [5.74, 6) is -0.832. The second-order valence-corrected chi connectivity index (χ2v) is 8.23. The third kappa shape index (κ3) is 5.00. The Hall–Kier alpha value is -2.10. The number of carbonyl (C=O) groups excluding carboxylic acids is 1. The summed E-state index contributed by atoms with van der Waals surface area (Å²) in [6.07, 6.45) is -4.45. The molecule has 146 valence electrons. The first kappa shape index (κ1) is 21.2. The SMILES string of the molecule is CN(C)S(=O)(=O)c1cc(C(=O)OCc2ccc(C(F)(F)F)cc2)ccc1Cl. The van der Waals surface area contributed by atoms with Gasteiger partial charge in [0.1, 0.15) is 11.5 Å². The fraction of sp³-hybridized carbons (Fsp3) is 0.235. The predicted molar refractivity (Wildman–Crippen MR) is 92.9 cm³/mol. The lowest BCUT2D eigenvalue weighted by atomic mass is 10.1. The van der Waals surface area contributed by atoms with Gasteiger partial charge in [-0.15, -0.1) is 0 Å². The van der Waals surface area contributed by atoms with Gasteiger partial charge in [-0.05, 0) is 35.9 Å². The van der Waals surface area contributed by atoms with Crippen LogP contribution in [-0.4, -0.2) is 32.8 Å². The lowest BCUT2D eigenvalue weighted by molar-refractivity contribution is -0.137. The van der Waals surface area contributed by atoms with Gasteiger partial charge in [0, 0.05) is 14.1 Å². The van der Waals surface area contributed by atoms with Crippen LogP contribution in [0.4, 0.5) is 13.2 Å². The van der Waals surface area contributed by atoms with Crippen molar-refractivity contribution in [3.8, 4) is 0 Å². The number of halogens is 4. The van der Waals surface area contributed by atoms with Crippen molar-refractivity contribution in [1.82, 2.24) is 4.31 Å². The molecule has 0 aliphatic heterocycles. The molecular weight excluding hydrogens is 407 g/mol. The number of nitrogens with zero attached hydrogens (tertiary/aromatic N) is 1. The maximum absolute atomic E-state index is 12.5. The number of esters is 1. The van der Waals surface area contributed by atoms with Crippen molar-refractivity contribution in [2.45, 2.75) is 17.7 Å². The molecule has 0 N–H and O–H groups in total. The first-order valence-electron chi connectivity index (χ1n) is 7.48. The molecule has 0 aromatic heterocycles. The molecule has 2 rings (SSSR count). The monoisotopic (exact) mass is 421 g/mol. The van der Waals surface area contributed by atoms with Crippen LogP contribution in [0, 0.1) is 0 Å². The second kappa shape index (κ2) is 7.87. The molecule has 0 heterocycles. The van der Waals surface area contributed by atoms with E-state index in [1.54, 1.807) is 0 Å². The first-order chi connectivity index (χ1) is 12.4. The van der Waals surface area contributed by atoms with Crippen molar-refractivity contribution in [3.63, 3.8) is 0 Å². The minimum atomic E-state index is -4.45. The smallest absolute Gasteiger partial charge is 0.416 e. The highest BCUT2D eigenvalue weighted by Gasteiger charge is 2.30. The van der Waals surface area contributed by atoms with E-state index >= 15 is 0 Å². The van der Waals surface area contributed by atoms with Crippen molar-refractivity contribution in [2.24, 2.45) is 0 Å². The molecule has 2 aromatic carbocycles. The Morgan fingerprint density at radius 1 is 1.11 bits per heavy atom. The summed E-state index contributed by atoms with van der Waals surface area (Å²) >= 11 is 5.90. The Kier molecular flexibility index (Phi) is 6.18. The Labute approximate surface area is 159 Å². The molecule has 0 spiro atoms. The van der Waals surface area contributed by atoms with Crippen LogP contribution < -0.4 is 0 Å². The van der Waals surface area contributed by atoms with Gasteiger partial charge >= 0.3 is 12.1 Å². The fourth-order valence-electron chi connectivity index (χ4n) is 2.05. The summed E-state index contributed by atoms with van der Waals surface area (Å²) in [7, 11) is -1.22. The Balaban J connectivity index is 2.15. The molecule has 10 heteroatoms. The van der Waals surface area contributed by atoms with E-state index in [9.17, 15) is 26.4 Å². The number of hydrogen-bond donors (Lipinski definition) is 0. The minimum Gasteiger partial charge on any atom is -0.457 e. The Morgan fingerprint density at radius 3 is 2.22 bits per heavy atom. The molecule has 0 unspecified atom stereocenters. The zero-order valence-electron chi connectivity index (χ0n) is 14.2. The van der Waals surface area contributed by atoms with Crippen molar-refractivity contribution in [1.29, 1.82) is 0 Å². The third-order valence-electron chi connectivity index (χ3n) is 3.58. The van der Waals surface area contributed by atoms with Gasteiger partial charge in [-0.1, -0.05) is 23.7 Å². The molecule has 0 aliphatic carbocycles. The average molecular weight is 422 g/mol. The quantitative estimate of drug-likeness (QED) is 0.685. The van der Waals surface area contributed by atoms with Gasteiger partial charge in [-0.25, -0.2) is 17.5 Å². The summed E-state index contributed by atoms with van der Waals surface area (Å²) in [5, 5.41) is -0.0528. The molecule has 2 aromatic rings. The number of alkyl halides is 3. The maximum Gasteiger partial charge on any atom is 0.416 e. The highest BCUT2D eigenvalue weighted by atomic mass is 35.5. The molecule has 0 fully saturated rings. The van der Waals surface area contributed by atoms with Gasteiger partial charge in [0.25, 0.3) is 0 Å². The van der Waals surface area contributed by atoms with Gasteiger partial charge in [0.05, 0.1) is 16.1 Å². The van der Waals surface area contributed by atoms with E-state index in [1.165, 1.54) is 38.4 Å². The van der Waals surface area contributed by atoms with Gasteiger partial charge in [-0.2, -0.15) is 13.2 Å². The van der Waals surface area contributed by atoms with Crippen LogP contribution in [0.25, 0.3) is 0 Å². The molecular formula is C17H15ClF3NO4S. The maximum atomic E-state index is 12.5. The lowest BCUT2D eigenvalue weighted by Gasteiger charge is -2.13. The number of carbonyl (C=O) groups is 1. The Bertz CT molecular complexity index is 942. The van der Waals surface area contributed by atoms with Crippen molar-refractivity contribution in [2.75, 3.05) is 14.1 Å². The fourth-order valence-corrected chi connectivity index (χ4v) is 3.44. The summed E-state index contributed by atoms with van der Waals surface area (Å²) in [5.41, 5.74) is -0.507. The summed E-state index contributed by atoms with van der Waals surface area (Å²) in [4.78, 5) is 11.9. The van der Waals surface area contributed by atoms with Gasteiger partial charge in [0.2, 0.25) is 10.0 Å². The van der Waals surface area contributed by atoms with Crippen molar-refractivity contribution in [3.05, 3.63) is 64.2 Å². The van der Waals surface area contributed by atoms with E-state index in [-0.39, 0.29) is 22.1 Å². The zero-order chi connectivity index (χ0) is 20.4. The molecule has 5 nitrogen and oxygen atoms in total. The number of hydrogen-bond acceptors (Lipinski definition) is 4. The number of benzene rings is 2. The van der Waals surface area contributed by atoms with Crippen LogP contribution in [0.15, 0.2) is 47.4 Å². The van der Waals surface area contributed by atoms with E-state index in [4.69, 9.17) is 16.3 Å². The normalized spacial score (nSPS) is 12.3. The number of sulfonamides is 1. The van der Waals surface area contributed by atoms with Gasteiger partial charge in [0.15, 0.2) is 0 Å². The van der Waals surface area contributed by atoms with E-state index in [2.05, 4.69) is 0 Å². The molecule has 0 bridgehead atoms. The molecule has 0 saturated carbocycles. The van der Waals surface area contributed by atoms with E-state index in [1.807, 2.05) is 0 Å². The number of rotatable bonds is 5. The van der Waals surface area contributed by atoms with Crippen molar-refractivity contribution < 1.29 is 31.1 Å². The van der Waals surface area contributed by atoms with E-state index in [0.717, 1.165) is 22.5 Å². The van der Waals surface area contributed by atoms with Crippen LogP contribution in [0.5, 0.6) is 0 Å². The zero-order valence-corrected chi connectivity index (χ0v) is 15.8. The molecule has 0 radical (unpaired) electrons. The second-order valence-electron chi connectivity index (χ2n) is 5.70. The van der Waals surface area contributed by atoms with Gasteiger partial charge in [-0.3, -0.25) is 0 Å². The molecule has 0 amide bonds. The largest absolute Gasteiger partial charge is 0.457 e. The minimum absolute atomic E-state index is 0.0493. The van der Waals surface area contributed by atoms with Crippen molar-refractivity contribution >= 4 is 27.6 Å². The number of ether oxygens (including phenoxy) is 1. The van der Waals surface area contributed by atoms with Crippen LogP contribution in [0.3, 0.4) is 0 Å². The van der Waals surface area contributed by atoms with E-state index < -0.39 is 27.7 Å². The van der Waals surface area contributed by atoms with Crippen LogP contribution in [0.1, 0.15) is 21.5 Å². The lowest BCUT2D eigenvalue weighted by Crippen LogP contribution is -2.23. The first-order valence-corrected chi connectivity index (χ1v) is 9.30. The Morgan fingerprint density at radius 2 is 1.70 bits per heavy atom. The topological polar surface area (TPSA) is 63.7 Å².